The summed E-state index contributed by atoms with van der Waals surface area (Å²) < 4.78 is 12.0. The third-order valence-corrected chi connectivity index (χ3v) is 13.7. The monoisotopic (exact) mass is 808 g/mol. The molecule has 290 valence electrons. The van der Waals surface area contributed by atoms with Crippen LogP contribution in [0.15, 0.2) is 223 Å². The number of furan rings is 1. The van der Waals surface area contributed by atoms with Gasteiger partial charge in [0.2, 0.25) is 0 Å². The summed E-state index contributed by atoms with van der Waals surface area (Å²) in [6.45, 7) is 0. The van der Waals surface area contributed by atoms with Crippen LogP contribution in [0.5, 0.6) is 0 Å². The SMILES string of the molecule is c1cc(-c2ccc(N(c3ccc4ccccc4c3)c3ccccc3-c3ccc4c(c3)sc3ccccc34)c3c2oc2ccccc23)cc(-n2c3ccccc3c3ccccc32)c1. The van der Waals surface area contributed by atoms with Crippen LogP contribution in [-0.4, -0.2) is 4.57 Å². The Morgan fingerprint density at radius 1 is 0.403 bits per heavy atom. The van der Waals surface area contributed by atoms with Crippen molar-refractivity contribution in [3.8, 4) is 27.9 Å². The fourth-order valence-corrected chi connectivity index (χ4v) is 10.9. The quantitative estimate of drug-likeness (QED) is 0.167. The average molecular weight is 809 g/mol. The van der Waals surface area contributed by atoms with Gasteiger partial charge in [-0.1, -0.05) is 146 Å². The molecule has 0 atom stereocenters. The van der Waals surface area contributed by atoms with E-state index < -0.39 is 0 Å². The Morgan fingerprint density at radius 3 is 1.94 bits per heavy atom. The van der Waals surface area contributed by atoms with Crippen molar-refractivity contribution >= 4 is 103 Å². The van der Waals surface area contributed by atoms with E-state index in [-0.39, 0.29) is 0 Å². The second-order valence-electron chi connectivity index (χ2n) is 16.0. The van der Waals surface area contributed by atoms with E-state index in [0.29, 0.717) is 0 Å². The van der Waals surface area contributed by atoms with Crippen molar-refractivity contribution < 1.29 is 4.42 Å². The Labute approximate surface area is 361 Å². The first-order chi connectivity index (χ1) is 30.7. The van der Waals surface area contributed by atoms with Gasteiger partial charge in [-0.25, -0.2) is 0 Å². The van der Waals surface area contributed by atoms with Gasteiger partial charge in [0, 0.05) is 58.8 Å². The molecule has 0 aliphatic heterocycles. The molecule has 0 spiro atoms. The molecule has 3 heterocycles. The Balaban J connectivity index is 1.05. The van der Waals surface area contributed by atoms with Gasteiger partial charge in [-0.2, -0.15) is 0 Å². The second-order valence-corrected chi connectivity index (χ2v) is 17.1. The molecule has 62 heavy (non-hydrogen) atoms. The second kappa shape index (κ2) is 13.8. The highest BCUT2D eigenvalue weighted by Crippen LogP contribution is 2.49. The van der Waals surface area contributed by atoms with Crippen molar-refractivity contribution in [1.29, 1.82) is 0 Å². The number of rotatable bonds is 6. The number of fused-ring (bicyclic) bond motifs is 10. The van der Waals surface area contributed by atoms with E-state index in [1.807, 2.05) is 11.3 Å². The first-order valence-corrected chi connectivity index (χ1v) is 21.9. The van der Waals surface area contributed by atoms with E-state index >= 15 is 0 Å². The van der Waals surface area contributed by atoms with Crippen LogP contribution in [0.2, 0.25) is 0 Å². The van der Waals surface area contributed by atoms with E-state index in [1.54, 1.807) is 0 Å². The van der Waals surface area contributed by atoms with Crippen LogP contribution in [0.25, 0.3) is 103 Å². The molecule has 4 heteroatoms. The number of aromatic nitrogens is 1. The summed E-state index contributed by atoms with van der Waals surface area (Å²) in [4.78, 5) is 2.44. The lowest BCUT2D eigenvalue weighted by Crippen LogP contribution is -2.11. The Morgan fingerprint density at radius 2 is 1.08 bits per heavy atom. The minimum absolute atomic E-state index is 0.858. The minimum Gasteiger partial charge on any atom is -0.455 e. The van der Waals surface area contributed by atoms with Crippen molar-refractivity contribution in [2.45, 2.75) is 0 Å². The Bertz CT molecular complexity index is 3850. The van der Waals surface area contributed by atoms with E-state index in [2.05, 4.69) is 228 Å². The summed E-state index contributed by atoms with van der Waals surface area (Å²) in [7, 11) is 0. The highest BCUT2D eigenvalue weighted by atomic mass is 32.1. The molecule has 0 amide bonds. The molecule has 3 aromatic heterocycles. The number of benzene rings is 10. The highest BCUT2D eigenvalue weighted by molar-refractivity contribution is 7.25. The number of hydrogen-bond donors (Lipinski definition) is 0. The normalized spacial score (nSPS) is 11.9. The lowest BCUT2D eigenvalue weighted by molar-refractivity contribution is 0.670. The third-order valence-electron chi connectivity index (χ3n) is 12.6. The smallest absolute Gasteiger partial charge is 0.145 e. The summed E-state index contributed by atoms with van der Waals surface area (Å²) >= 11 is 1.86. The van der Waals surface area contributed by atoms with Crippen LogP contribution in [0.3, 0.4) is 0 Å². The molecule has 0 saturated carbocycles. The average Bonchev–Trinajstić information content (AvgIpc) is 4.02. The fraction of sp³-hybridized carbons (Fsp3) is 0. The molecule has 0 fully saturated rings. The van der Waals surface area contributed by atoms with Crippen LogP contribution >= 0.6 is 11.3 Å². The molecule has 0 unspecified atom stereocenters. The van der Waals surface area contributed by atoms with Crippen LogP contribution in [0.4, 0.5) is 17.1 Å². The van der Waals surface area contributed by atoms with Crippen LogP contribution < -0.4 is 4.90 Å². The Kier molecular flexibility index (Phi) is 7.78. The zero-order chi connectivity index (χ0) is 40.7. The van der Waals surface area contributed by atoms with Gasteiger partial charge in [0.05, 0.1) is 27.8 Å². The van der Waals surface area contributed by atoms with E-state index in [4.69, 9.17) is 4.42 Å². The van der Waals surface area contributed by atoms with Gasteiger partial charge < -0.3 is 13.9 Å². The lowest BCUT2D eigenvalue weighted by atomic mass is 9.97. The summed E-state index contributed by atoms with van der Waals surface area (Å²) in [6, 6.07) is 79.2. The van der Waals surface area contributed by atoms with E-state index in [0.717, 1.165) is 61.4 Å². The standard InChI is InChI=1S/C58H36N2OS/c1-2-15-38-34-42(30-28-37(38)14-1)60(50-23-8-3-18-43(50)40-29-31-48-47-21-7-12-27-55(47)62-56(48)36-40)53-33-32-44(58-57(53)49-22-6-11-26-54(49)61-58)39-16-13-17-41(35-39)59-51-24-9-4-19-45(51)46-20-5-10-25-52(46)59/h1-36H. The first-order valence-electron chi connectivity index (χ1n) is 21.1. The van der Waals surface area contributed by atoms with Crippen molar-refractivity contribution in [2.24, 2.45) is 0 Å². The van der Waals surface area contributed by atoms with Crippen molar-refractivity contribution in [2.75, 3.05) is 4.90 Å². The van der Waals surface area contributed by atoms with Crippen LogP contribution in [-0.2, 0) is 0 Å². The molecular weight excluding hydrogens is 773 g/mol. The van der Waals surface area contributed by atoms with E-state index in [9.17, 15) is 0 Å². The number of hydrogen-bond acceptors (Lipinski definition) is 3. The minimum atomic E-state index is 0.858. The molecule has 0 aliphatic rings. The number of anilines is 3. The largest absolute Gasteiger partial charge is 0.455 e. The Hall–Kier alpha value is -7.92. The number of nitrogens with zero attached hydrogens (tertiary/aromatic N) is 2. The van der Waals surface area contributed by atoms with Crippen LogP contribution in [0.1, 0.15) is 0 Å². The molecule has 0 bridgehead atoms. The predicted octanol–water partition coefficient (Wildman–Crippen LogP) is 17.0. The topological polar surface area (TPSA) is 21.3 Å². The molecule has 0 N–H and O–H groups in total. The van der Waals surface area contributed by atoms with Gasteiger partial charge in [0.25, 0.3) is 0 Å². The first kappa shape index (κ1) is 34.9. The molecule has 13 rings (SSSR count). The third kappa shape index (κ3) is 5.37. The molecule has 13 aromatic rings. The summed E-state index contributed by atoms with van der Waals surface area (Å²) in [6.07, 6.45) is 0. The van der Waals surface area contributed by atoms with Crippen molar-refractivity contribution in [1.82, 2.24) is 4.57 Å². The van der Waals surface area contributed by atoms with Gasteiger partial charge in [0.15, 0.2) is 0 Å². The predicted molar refractivity (Wildman–Crippen MR) is 264 cm³/mol. The summed E-state index contributed by atoms with van der Waals surface area (Å²) in [5.74, 6) is 0. The summed E-state index contributed by atoms with van der Waals surface area (Å²) in [5.41, 5.74) is 12.9. The molecule has 0 radical (unpaired) electrons. The fourth-order valence-electron chi connectivity index (χ4n) is 9.77. The van der Waals surface area contributed by atoms with Gasteiger partial charge >= 0.3 is 0 Å². The maximum atomic E-state index is 7.00. The molecule has 10 aromatic carbocycles. The van der Waals surface area contributed by atoms with E-state index in [1.165, 1.54) is 58.3 Å². The van der Waals surface area contributed by atoms with Gasteiger partial charge in [0.1, 0.15) is 11.2 Å². The maximum absolute atomic E-state index is 7.00. The van der Waals surface area contributed by atoms with Crippen molar-refractivity contribution in [3.63, 3.8) is 0 Å². The lowest BCUT2D eigenvalue weighted by Gasteiger charge is -2.29. The highest BCUT2D eigenvalue weighted by Gasteiger charge is 2.25. The number of thiophene rings is 1. The molecule has 3 nitrogen and oxygen atoms in total. The van der Waals surface area contributed by atoms with Crippen molar-refractivity contribution in [3.05, 3.63) is 218 Å². The zero-order valence-corrected chi connectivity index (χ0v) is 34.3. The van der Waals surface area contributed by atoms with Gasteiger partial charge in [-0.3, -0.25) is 0 Å². The molecule has 0 saturated heterocycles. The molecular formula is C58H36N2OS. The van der Waals surface area contributed by atoms with Gasteiger partial charge in [-0.05, 0) is 94.7 Å². The van der Waals surface area contributed by atoms with Gasteiger partial charge in [-0.15, -0.1) is 11.3 Å². The maximum Gasteiger partial charge on any atom is 0.145 e. The summed E-state index contributed by atoms with van der Waals surface area (Å²) in [5, 5.41) is 9.63. The van der Waals surface area contributed by atoms with Crippen LogP contribution in [0, 0.1) is 0 Å². The molecule has 0 aliphatic carbocycles. The zero-order valence-electron chi connectivity index (χ0n) is 33.5. The number of para-hydroxylation sites is 4.